The van der Waals surface area contributed by atoms with Crippen molar-refractivity contribution < 1.29 is 14.5 Å². The molecule has 110 valence electrons. The summed E-state index contributed by atoms with van der Waals surface area (Å²) in [4.78, 5) is 2.77. The molecule has 1 aromatic carbocycles. The first-order valence-corrected chi connectivity index (χ1v) is 6.62. The van der Waals surface area contributed by atoms with Gasteiger partial charge in [-0.3, -0.25) is 5.73 Å². The summed E-state index contributed by atoms with van der Waals surface area (Å²) in [6.45, 7) is 2.17. The number of anilines is 1. The lowest BCUT2D eigenvalue weighted by Crippen LogP contribution is -2.19. The lowest BCUT2D eigenvalue weighted by Gasteiger charge is -2.11. The van der Waals surface area contributed by atoms with Crippen LogP contribution in [-0.2, 0) is 0 Å². The minimum Gasteiger partial charge on any atom is -0.497 e. The normalized spacial score (nSPS) is 9.64. The highest BCUT2D eigenvalue weighted by molar-refractivity contribution is 5.81. The number of pyridine rings is 1. The second kappa shape index (κ2) is 6.47. The number of nitriles is 2. The molecule has 0 radical (unpaired) electrons. The van der Waals surface area contributed by atoms with E-state index in [0.717, 1.165) is 0 Å². The molecule has 3 N–H and O–H groups in total. The van der Waals surface area contributed by atoms with Crippen molar-refractivity contribution in [2.45, 2.75) is 6.92 Å². The smallest absolute Gasteiger partial charge is 0.301 e. The second-order valence-electron chi connectivity index (χ2n) is 4.38. The summed E-state index contributed by atoms with van der Waals surface area (Å²) >= 11 is 0. The zero-order valence-corrected chi connectivity index (χ0v) is 12.3. The summed E-state index contributed by atoms with van der Waals surface area (Å²) in [5.41, 5.74) is 7.43. The van der Waals surface area contributed by atoms with Crippen molar-refractivity contribution in [1.29, 1.82) is 10.5 Å². The molecule has 0 aliphatic carbocycles. The summed E-state index contributed by atoms with van der Waals surface area (Å²) < 4.78 is 10.6. The van der Waals surface area contributed by atoms with Gasteiger partial charge in [0.1, 0.15) is 23.5 Å². The third kappa shape index (κ3) is 2.63. The number of ether oxygens (including phenoxy) is 2. The van der Waals surface area contributed by atoms with Crippen LogP contribution in [0.25, 0.3) is 11.1 Å². The number of rotatable bonds is 4. The summed E-state index contributed by atoms with van der Waals surface area (Å²) in [6.07, 6.45) is 0. The Hall–Kier alpha value is -3.25. The maximum atomic E-state index is 9.49. The van der Waals surface area contributed by atoms with Crippen molar-refractivity contribution in [3.63, 3.8) is 0 Å². The van der Waals surface area contributed by atoms with Crippen LogP contribution in [0.1, 0.15) is 18.1 Å². The van der Waals surface area contributed by atoms with Crippen molar-refractivity contribution in [3.8, 4) is 34.9 Å². The molecule has 2 rings (SSSR count). The number of hydrogen-bond donors (Lipinski definition) is 1. The number of nitrogens with zero attached hydrogens (tertiary/aromatic N) is 2. The van der Waals surface area contributed by atoms with Crippen molar-refractivity contribution in [2.24, 2.45) is 0 Å². The van der Waals surface area contributed by atoms with Gasteiger partial charge in [0.15, 0.2) is 5.56 Å². The molecule has 6 nitrogen and oxygen atoms in total. The summed E-state index contributed by atoms with van der Waals surface area (Å²) in [5.74, 6) is 1.02. The molecule has 1 heterocycles. The van der Waals surface area contributed by atoms with E-state index in [-0.39, 0.29) is 22.8 Å². The lowest BCUT2D eigenvalue weighted by molar-refractivity contribution is -0.377. The molecule has 0 aliphatic heterocycles. The van der Waals surface area contributed by atoms with Crippen LogP contribution in [0, 0.1) is 22.7 Å². The van der Waals surface area contributed by atoms with E-state index in [9.17, 15) is 10.5 Å². The minimum atomic E-state index is 0.155. The Balaban J connectivity index is 2.82. The lowest BCUT2D eigenvalue weighted by atomic mass is 9.96. The van der Waals surface area contributed by atoms with Gasteiger partial charge in [-0.1, -0.05) is 12.1 Å². The molecule has 0 spiro atoms. The van der Waals surface area contributed by atoms with E-state index in [2.05, 4.69) is 11.1 Å². The number of nitrogen functional groups attached to an aromatic ring is 1. The Morgan fingerprint density at radius 3 is 2.55 bits per heavy atom. The Labute approximate surface area is 128 Å². The molecule has 1 aromatic heterocycles. The van der Waals surface area contributed by atoms with Crippen molar-refractivity contribution in [2.75, 3.05) is 19.5 Å². The highest BCUT2D eigenvalue weighted by Crippen LogP contribution is 2.34. The number of H-pyrrole nitrogens is 1. The van der Waals surface area contributed by atoms with Crippen molar-refractivity contribution >= 4 is 5.82 Å². The standard InChI is InChI=1S/C16H14N4O2/c1-3-22-16-13(9-18)14(12(8-17)15(19)20-16)10-5-4-6-11(7-10)21-2/h4-7H,3H2,1-2H3,(H2,19,20)/p+1. The van der Waals surface area contributed by atoms with Crippen molar-refractivity contribution in [3.05, 3.63) is 35.4 Å². The predicted molar refractivity (Wildman–Crippen MR) is 80.0 cm³/mol. The topological polar surface area (TPSA) is 106 Å². The molecular formula is C16H15N4O2+. The largest absolute Gasteiger partial charge is 0.497 e. The fourth-order valence-corrected chi connectivity index (χ4v) is 2.16. The molecule has 0 unspecified atom stereocenters. The summed E-state index contributed by atoms with van der Waals surface area (Å²) in [5, 5.41) is 18.9. The van der Waals surface area contributed by atoms with Gasteiger partial charge < -0.3 is 9.47 Å². The van der Waals surface area contributed by atoms with Crippen LogP contribution in [0.5, 0.6) is 11.6 Å². The van der Waals surface area contributed by atoms with E-state index >= 15 is 0 Å². The minimum absolute atomic E-state index is 0.155. The first kappa shape index (κ1) is 15.1. The third-order valence-electron chi connectivity index (χ3n) is 3.12. The fraction of sp³-hybridized carbons (Fsp3) is 0.188. The molecule has 0 saturated heterocycles. The van der Waals surface area contributed by atoms with Gasteiger partial charge in [0.2, 0.25) is 0 Å². The zero-order valence-electron chi connectivity index (χ0n) is 12.3. The van der Waals surface area contributed by atoms with Crippen LogP contribution in [0.4, 0.5) is 5.82 Å². The zero-order chi connectivity index (χ0) is 16.1. The van der Waals surface area contributed by atoms with E-state index < -0.39 is 0 Å². The number of benzene rings is 1. The van der Waals surface area contributed by atoms with E-state index in [1.165, 1.54) is 0 Å². The number of nitrogens with one attached hydrogen (secondary N) is 1. The van der Waals surface area contributed by atoms with Gasteiger partial charge in [0.05, 0.1) is 13.7 Å². The van der Waals surface area contributed by atoms with Gasteiger partial charge in [0, 0.05) is 5.56 Å². The van der Waals surface area contributed by atoms with Gasteiger partial charge >= 0.3 is 5.88 Å². The van der Waals surface area contributed by atoms with E-state index in [0.29, 0.717) is 23.5 Å². The number of methoxy groups -OCH3 is 1. The van der Waals surface area contributed by atoms with Crippen LogP contribution in [-0.4, -0.2) is 13.7 Å². The quantitative estimate of drug-likeness (QED) is 0.927. The first-order chi connectivity index (χ1) is 10.7. The average Bonchev–Trinajstić information content (AvgIpc) is 2.54. The number of aromatic amines is 1. The predicted octanol–water partition coefficient (Wildman–Crippen LogP) is 1.90. The van der Waals surface area contributed by atoms with Crippen LogP contribution >= 0.6 is 0 Å². The third-order valence-corrected chi connectivity index (χ3v) is 3.12. The molecule has 22 heavy (non-hydrogen) atoms. The molecule has 6 heteroatoms. The number of aromatic nitrogens is 1. The monoisotopic (exact) mass is 295 g/mol. The highest BCUT2D eigenvalue weighted by Gasteiger charge is 2.24. The van der Waals surface area contributed by atoms with Gasteiger partial charge in [-0.25, -0.2) is 4.98 Å². The van der Waals surface area contributed by atoms with Crippen LogP contribution in [0.3, 0.4) is 0 Å². The Kier molecular flexibility index (Phi) is 4.45. The second-order valence-corrected chi connectivity index (χ2v) is 4.38. The fourth-order valence-electron chi connectivity index (χ4n) is 2.16. The molecule has 0 fully saturated rings. The molecule has 0 aliphatic rings. The summed E-state index contributed by atoms with van der Waals surface area (Å²) in [6, 6.07) is 11.2. The maximum Gasteiger partial charge on any atom is 0.301 e. The van der Waals surface area contributed by atoms with Crippen molar-refractivity contribution in [1.82, 2.24) is 0 Å². The molecular weight excluding hydrogens is 280 g/mol. The van der Waals surface area contributed by atoms with Gasteiger partial charge in [0.25, 0.3) is 5.82 Å². The van der Waals surface area contributed by atoms with E-state index in [4.69, 9.17) is 15.2 Å². The highest BCUT2D eigenvalue weighted by atomic mass is 16.5. The molecule has 2 aromatic rings. The Bertz CT molecular complexity index is 788. The SMILES string of the molecule is CCOc1[nH+]c(N)c(C#N)c(-c2cccc(OC)c2)c1C#N. The molecule has 0 atom stereocenters. The van der Waals surface area contributed by atoms with Crippen LogP contribution in [0.2, 0.25) is 0 Å². The Morgan fingerprint density at radius 1 is 1.23 bits per heavy atom. The van der Waals surface area contributed by atoms with Gasteiger partial charge in [-0.15, -0.1) is 0 Å². The summed E-state index contributed by atoms with van der Waals surface area (Å²) in [7, 11) is 1.55. The molecule has 0 bridgehead atoms. The maximum absolute atomic E-state index is 9.49. The van der Waals surface area contributed by atoms with E-state index in [1.54, 1.807) is 38.3 Å². The number of hydrogen-bond acceptors (Lipinski definition) is 5. The molecule has 0 saturated carbocycles. The Morgan fingerprint density at radius 2 is 1.95 bits per heavy atom. The first-order valence-electron chi connectivity index (χ1n) is 6.62. The van der Waals surface area contributed by atoms with Crippen LogP contribution < -0.4 is 20.2 Å². The number of nitrogens with two attached hydrogens (primary N) is 1. The van der Waals surface area contributed by atoms with Gasteiger partial charge in [-0.05, 0) is 24.6 Å². The van der Waals surface area contributed by atoms with Gasteiger partial charge in [-0.2, -0.15) is 10.5 Å². The molecule has 0 amide bonds. The van der Waals surface area contributed by atoms with E-state index in [1.807, 2.05) is 6.07 Å². The average molecular weight is 295 g/mol. The van der Waals surface area contributed by atoms with Crippen LogP contribution in [0.15, 0.2) is 24.3 Å².